The summed E-state index contributed by atoms with van der Waals surface area (Å²) in [5.74, 6) is 3.74. The van der Waals surface area contributed by atoms with Crippen LogP contribution in [0.4, 0.5) is 0 Å². The SMILES string of the molecule is CC(=NO)[C@H]1CC[C@H]2[C@@H]3CC[C@H]4C[C@@H](O)CC[C@]4(C)[C@H]3CC[C@]12C. The molecular weight excluding hydrogens is 298 g/mol. The predicted molar refractivity (Wildman–Crippen MR) is 96.1 cm³/mol. The van der Waals surface area contributed by atoms with Crippen LogP contribution < -0.4 is 0 Å². The van der Waals surface area contributed by atoms with Gasteiger partial charge in [0.05, 0.1) is 11.8 Å². The molecule has 4 fully saturated rings. The average Bonchev–Trinajstić information content (AvgIpc) is 2.92. The van der Waals surface area contributed by atoms with Crippen molar-refractivity contribution in [3.63, 3.8) is 0 Å². The minimum Gasteiger partial charge on any atom is -0.411 e. The maximum absolute atomic E-state index is 10.1. The summed E-state index contributed by atoms with van der Waals surface area (Å²) >= 11 is 0. The summed E-state index contributed by atoms with van der Waals surface area (Å²) in [5, 5.41) is 23.0. The van der Waals surface area contributed by atoms with Gasteiger partial charge in [-0.3, -0.25) is 0 Å². The lowest BCUT2D eigenvalue weighted by Gasteiger charge is -2.61. The van der Waals surface area contributed by atoms with Gasteiger partial charge in [-0.25, -0.2) is 0 Å². The molecule has 8 atom stereocenters. The van der Waals surface area contributed by atoms with Crippen molar-refractivity contribution in [2.45, 2.75) is 84.7 Å². The number of fused-ring (bicyclic) bond motifs is 5. The molecule has 0 aromatic carbocycles. The third-order valence-corrected chi connectivity index (χ3v) is 9.30. The second-order valence-corrected chi connectivity index (χ2v) is 10.0. The molecule has 0 aliphatic heterocycles. The number of rotatable bonds is 1. The van der Waals surface area contributed by atoms with E-state index in [-0.39, 0.29) is 6.10 Å². The first-order valence-electron chi connectivity index (χ1n) is 10.3. The molecule has 4 aliphatic rings. The zero-order valence-corrected chi connectivity index (χ0v) is 15.7. The number of hydrogen-bond acceptors (Lipinski definition) is 3. The third-order valence-electron chi connectivity index (χ3n) is 9.30. The molecule has 0 heterocycles. The number of aliphatic hydroxyl groups excluding tert-OH is 1. The van der Waals surface area contributed by atoms with Crippen LogP contribution in [0, 0.1) is 40.4 Å². The van der Waals surface area contributed by atoms with E-state index in [1.54, 1.807) is 0 Å². The smallest absolute Gasteiger partial charge is 0.0576 e. The van der Waals surface area contributed by atoms with E-state index >= 15 is 0 Å². The molecule has 4 aliphatic carbocycles. The number of oxime groups is 1. The van der Waals surface area contributed by atoms with E-state index in [0.29, 0.717) is 16.7 Å². The van der Waals surface area contributed by atoms with E-state index in [9.17, 15) is 10.3 Å². The fourth-order valence-corrected chi connectivity index (χ4v) is 7.99. The highest BCUT2D eigenvalue weighted by Crippen LogP contribution is 2.67. The lowest BCUT2D eigenvalue weighted by Crippen LogP contribution is -2.54. The molecule has 3 nitrogen and oxygen atoms in total. The maximum Gasteiger partial charge on any atom is 0.0576 e. The van der Waals surface area contributed by atoms with Gasteiger partial charge in [0.15, 0.2) is 0 Å². The molecule has 0 amide bonds. The summed E-state index contributed by atoms with van der Waals surface area (Å²) in [6.07, 6.45) is 11.1. The van der Waals surface area contributed by atoms with Crippen LogP contribution in [0.5, 0.6) is 0 Å². The molecule has 4 saturated carbocycles. The van der Waals surface area contributed by atoms with Crippen LogP contribution in [0.3, 0.4) is 0 Å². The minimum absolute atomic E-state index is 0.0484. The first-order valence-corrected chi connectivity index (χ1v) is 10.3. The van der Waals surface area contributed by atoms with E-state index in [1.807, 2.05) is 6.92 Å². The number of nitrogens with zero attached hydrogens (tertiary/aromatic N) is 1. The maximum atomic E-state index is 10.1. The van der Waals surface area contributed by atoms with Crippen molar-refractivity contribution in [1.82, 2.24) is 0 Å². The van der Waals surface area contributed by atoms with Crippen LogP contribution in [-0.4, -0.2) is 22.1 Å². The third kappa shape index (κ3) is 2.22. The van der Waals surface area contributed by atoms with E-state index < -0.39 is 0 Å². The molecule has 3 heteroatoms. The largest absolute Gasteiger partial charge is 0.411 e. The quantitative estimate of drug-likeness (QED) is 0.409. The fourth-order valence-electron chi connectivity index (χ4n) is 7.99. The second-order valence-electron chi connectivity index (χ2n) is 10.0. The molecule has 0 aromatic heterocycles. The van der Waals surface area contributed by atoms with E-state index in [1.165, 1.54) is 44.9 Å². The van der Waals surface area contributed by atoms with Crippen LogP contribution in [0.25, 0.3) is 0 Å². The van der Waals surface area contributed by atoms with Crippen molar-refractivity contribution in [2.75, 3.05) is 0 Å². The van der Waals surface area contributed by atoms with Gasteiger partial charge in [0.1, 0.15) is 0 Å². The minimum atomic E-state index is -0.0484. The summed E-state index contributed by atoms with van der Waals surface area (Å²) in [6, 6.07) is 0. The van der Waals surface area contributed by atoms with Crippen LogP contribution in [0.1, 0.15) is 78.6 Å². The van der Waals surface area contributed by atoms with Crippen LogP contribution in [0.2, 0.25) is 0 Å². The molecule has 0 bridgehead atoms. The Bertz CT molecular complexity index is 532. The Labute approximate surface area is 146 Å². The molecule has 4 rings (SSSR count). The van der Waals surface area contributed by atoms with Crippen LogP contribution in [0.15, 0.2) is 5.16 Å². The molecule has 24 heavy (non-hydrogen) atoms. The summed E-state index contributed by atoms with van der Waals surface area (Å²) in [4.78, 5) is 0. The van der Waals surface area contributed by atoms with Crippen LogP contribution in [-0.2, 0) is 0 Å². The normalized spacial score (nSPS) is 54.8. The predicted octanol–water partition coefficient (Wildman–Crippen LogP) is 4.86. The fraction of sp³-hybridized carbons (Fsp3) is 0.952. The van der Waals surface area contributed by atoms with Gasteiger partial charge < -0.3 is 10.3 Å². The highest BCUT2D eigenvalue weighted by molar-refractivity contribution is 5.84. The Hall–Kier alpha value is -0.570. The molecule has 0 saturated heterocycles. The lowest BCUT2D eigenvalue weighted by molar-refractivity contribution is -0.123. The molecule has 0 spiro atoms. The standard InChI is InChI=1S/C21H35NO2/c1-13(22-24)17-6-7-18-16-5-4-14-12-15(23)8-10-20(14,2)19(16)9-11-21(17,18)3/h14-19,23-24H,4-12H2,1-3H3/t14-,15-,16-,17+,18-,19-,20-,21+/m0/s1. The Balaban J connectivity index is 1.61. The summed E-state index contributed by atoms with van der Waals surface area (Å²) in [5.41, 5.74) is 1.76. The number of hydrogen-bond donors (Lipinski definition) is 2. The average molecular weight is 334 g/mol. The molecule has 0 unspecified atom stereocenters. The highest BCUT2D eigenvalue weighted by Gasteiger charge is 2.60. The van der Waals surface area contributed by atoms with Crippen molar-refractivity contribution in [3.8, 4) is 0 Å². The summed E-state index contributed by atoms with van der Waals surface area (Å²) in [6.45, 7) is 7.06. The molecule has 0 aromatic rings. The van der Waals surface area contributed by atoms with Gasteiger partial charge >= 0.3 is 0 Å². The zero-order chi connectivity index (χ0) is 17.1. The molecule has 0 radical (unpaired) electrons. The van der Waals surface area contributed by atoms with Gasteiger partial charge in [0, 0.05) is 5.92 Å². The summed E-state index contributed by atoms with van der Waals surface area (Å²) < 4.78 is 0. The monoisotopic (exact) mass is 333 g/mol. The highest BCUT2D eigenvalue weighted by atomic mass is 16.4. The van der Waals surface area contributed by atoms with E-state index in [0.717, 1.165) is 42.2 Å². The van der Waals surface area contributed by atoms with Gasteiger partial charge in [-0.05, 0) is 99.2 Å². The Morgan fingerprint density at radius 2 is 1.62 bits per heavy atom. The van der Waals surface area contributed by atoms with Gasteiger partial charge in [0.2, 0.25) is 0 Å². The van der Waals surface area contributed by atoms with Crippen molar-refractivity contribution >= 4 is 5.71 Å². The van der Waals surface area contributed by atoms with Crippen molar-refractivity contribution in [1.29, 1.82) is 0 Å². The van der Waals surface area contributed by atoms with Gasteiger partial charge in [-0.15, -0.1) is 0 Å². The Morgan fingerprint density at radius 1 is 0.917 bits per heavy atom. The van der Waals surface area contributed by atoms with E-state index in [4.69, 9.17) is 0 Å². The van der Waals surface area contributed by atoms with Crippen molar-refractivity contribution < 1.29 is 10.3 Å². The topological polar surface area (TPSA) is 52.8 Å². The number of aliphatic hydroxyl groups is 1. The summed E-state index contributed by atoms with van der Waals surface area (Å²) in [7, 11) is 0. The van der Waals surface area contributed by atoms with Crippen molar-refractivity contribution in [3.05, 3.63) is 0 Å². The molecule has 136 valence electrons. The Morgan fingerprint density at radius 3 is 2.38 bits per heavy atom. The van der Waals surface area contributed by atoms with Gasteiger partial charge in [-0.2, -0.15) is 0 Å². The molecular formula is C21H35NO2. The van der Waals surface area contributed by atoms with Crippen molar-refractivity contribution in [2.24, 2.45) is 45.6 Å². The molecule has 2 N–H and O–H groups in total. The first kappa shape index (κ1) is 16.9. The van der Waals surface area contributed by atoms with Gasteiger partial charge in [0.25, 0.3) is 0 Å². The Kier molecular flexibility index (Phi) is 4.02. The first-order chi connectivity index (χ1) is 11.4. The second kappa shape index (κ2) is 5.72. The van der Waals surface area contributed by atoms with E-state index in [2.05, 4.69) is 19.0 Å². The lowest BCUT2D eigenvalue weighted by atomic mass is 9.44. The van der Waals surface area contributed by atoms with Gasteiger partial charge in [-0.1, -0.05) is 19.0 Å². The zero-order valence-electron chi connectivity index (χ0n) is 15.7. The van der Waals surface area contributed by atoms with Crippen LogP contribution >= 0.6 is 0 Å².